The molecule has 1 heteroatoms. The highest BCUT2D eigenvalue weighted by molar-refractivity contribution is 5.08. The van der Waals surface area contributed by atoms with E-state index >= 15 is 0 Å². The molecule has 13 heavy (non-hydrogen) atoms. The van der Waals surface area contributed by atoms with Gasteiger partial charge in [0.15, 0.2) is 0 Å². The average Bonchev–Trinajstić information content (AvgIpc) is 2.12. The molecule has 0 aromatic heterocycles. The fraction of sp³-hybridized carbons (Fsp3) is 0.500. The third-order valence-corrected chi connectivity index (χ3v) is 2.44. The van der Waals surface area contributed by atoms with E-state index in [0.717, 1.165) is 12.0 Å². The highest BCUT2D eigenvalue weighted by Crippen LogP contribution is 2.27. The van der Waals surface area contributed by atoms with Crippen molar-refractivity contribution in [1.29, 1.82) is 0 Å². The molecule has 0 aliphatic carbocycles. The van der Waals surface area contributed by atoms with Crippen LogP contribution in [0.4, 0.5) is 0 Å². The minimum Gasteiger partial charge on any atom is -0.392 e. The lowest BCUT2D eigenvalue weighted by molar-refractivity contribution is 0.0911. The molecule has 0 aromatic rings. The molecule has 1 N–H and O–H groups in total. The minimum atomic E-state index is -0.417. The molecule has 74 valence electrons. The summed E-state index contributed by atoms with van der Waals surface area (Å²) in [5.74, 6) is 0. The van der Waals surface area contributed by atoms with Crippen LogP contribution in [0.2, 0.25) is 0 Å². The second-order valence-electron chi connectivity index (χ2n) is 3.79. The Labute approximate surface area is 81.5 Å². The van der Waals surface area contributed by atoms with Gasteiger partial charge in [-0.05, 0) is 19.8 Å². The number of aliphatic hydroxyl groups is 1. The number of rotatable bonds is 6. The van der Waals surface area contributed by atoms with Crippen LogP contribution < -0.4 is 0 Å². The Morgan fingerprint density at radius 3 is 2.23 bits per heavy atom. The van der Waals surface area contributed by atoms with E-state index < -0.39 is 6.10 Å². The molecule has 0 aliphatic rings. The largest absolute Gasteiger partial charge is 0.392 e. The van der Waals surface area contributed by atoms with E-state index in [2.05, 4.69) is 19.7 Å². The van der Waals surface area contributed by atoms with Crippen molar-refractivity contribution in [3.63, 3.8) is 0 Å². The summed E-state index contributed by atoms with van der Waals surface area (Å²) in [7, 11) is 0. The first kappa shape index (κ1) is 12.2. The monoisotopic (exact) mass is 180 g/mol. The van der Waals surface area contributed by atoms with Crippen LogP contribution in [0.25, 0.3) is 0 Å². The topological polar surface area (TPSA) is 20.2 Å². The average molecular weight is 180 g/mol. The molecular weight excluding hydrogens is 160 g/mol. The van der Waals surface area contributed by atoms with Gasteiger partial charge in [-0.1, -0.05) is 24.6 Å². The first-order valence-electron chi connectivity index (χ1n) is 4.56. The standard InChI is InChI=1S/C12H20O/c1-6-12(5,7-2)11(13)9-8-10(3)4/h6-7,11,13H,1-3,8-9H2,4-5H3. The van der Waals surface area contributed by atoms with Crippen molar-refractivity contribution in [1.82, 2.24) is 0 Å². The van der Waals surface area contributed by atoms with Crippen LogP contribution in [0.5, 0.6) is 0 Å². The summed E-state index contributed by atoms with van der Waals surface area (Å²) in [5.41, 5.74) is 0.713. The van der Waals surface area contributed by atoms with Crippen LogP contribution in [0, 0.1) is 5.41 Å². The quantitative estimate of drug-likeness (QED) is 0.623. The van der Waals surface area contributed by atoms with Crippen LogP contribution >= 0.6 is 0 Å². The maximum atomic E-state index is 9.83. The van der Waals surface area contributed by atoms with Crippen molar-refractivity contribution < 1.29 is 5.11 Å². The van der Waals surface area contributed by atoms with E-state index in [-0.39, 0.29) is 5.41 Å². The third-order valence-electron chi connectivity index (χ3n) is 2.44. The van der Waals surface area contributed by atoms with Crippen molar-refractivity contribution in [2.75, 3.05) is 0 Å². The van der Waals surface area contributed by atoms with Crippen molar-refractivity contribution in [3.8, 4) is 0 Å². The van der Waals surface area contributed by atoms with Crippen LogP contribution in [0.3, 0.4) is 0 Å². The molecule has 1 nitrogen and oxygen atoms in total. The smallest absolute Gasteiger partial charge is 0.0665 e. The Kier molecular flexibility index (Phi) is 4.71. The number of aliphatic hydroxyl groups excluding tert-OH is 1. The summed E-state index contributed by atoms with van der Waals surface area (Å²) >= 11 is 0. The van der Waals surface area contributed by atoms with Crippen LogP contribution in [-0.4, -0.2) is 11.2 Å². The Morgan fingerprint density at radius 1 is 1.46 bits per heavy atom. The third kappa shape index (κ3) is 3.60. The molecule has 0 bridgehead atoms. The Hall–Kier alpha value is -0.820. The molecule has 0 rings (SSSR count). The summed E-state index contributed by atoms with van der Waals surface area (Å²) < 4.78 is 0. The molecule has 0 aromatic carbocycles. The van der Waals surface area contributed by atoms with E-state index in [9.17, 15) is 5.11 Å². The Morgan fingerprint density at radius 2 is 1.92 bits per heavy atom. The highest BCUT2D eigenvalue weighted by atomic mass is 16.3. The summed E-state index contributed by atoms with van der Waals surface area (Å²) in [6.07, 6.45) is 4.62. The van der Waals surface area contributed by atoms with E-state index in [4.69, 9.17) is 0 Å². The van der Waals surface area contributed by atoms with E-state index in [0.29, 0.717) is 6.42 Å². The van der Waals surface area contributed by atoms with E-state index in [1.807, 2.05) is 13.8 Å². The summed E-state index contributed by atoms with van der Waals surface area (Å²) in [6.45, 7) is 15.1. The molecule has 0 fully saturated rings. The van der Waals surface area contributed by atoms with Gasteiger partial charge in [-0.25, -0.2) is 0 Å². The van der Waals surface area contributed by atoms with Gasteiger partial charge in [-0.2, -0.15) is 0 Å². The molecule has 0 heterocycles. The van der Waals surface area contributed by atoms with Gasteiger partial charge in [0.1, 0.15) is 0 Å². The zero-order valence-corrected chi connectivity index (χ0v) is 8.71. The van der Waals surface area contributed by atoms with Gasteiger partial charge in [0, 0.05) is 5.41 Å². The second kappa shape index (κ2) is 5.03. The highest BCUT2D eigenvalue weighted by Gasteiger charge is 2.25. The zero-order chi connectivity index (χ0) is 10.5. The molecular formula is C12H20O. The van der Waals surface area contributed by atoms with Gasteiger partial charge in [0.05, 0.1) is 6.10 Å². The van der Waals surface area contributed by atoms with Crippen LogP contribution in [0.1, 0.15) is 26.7 Å². The second-order valence-corrected chi connectivity index (χ2v) is 3.79. The minimum absolute atomic E-state index is 0.380. The SMILES string of the molecule is C=CC(C)(C=C)C(O)CCC(=C)C. The number of hydrogen-bond acceptors (Lipinski definition) is 1. The van der Waals surface area contributed by atoms with Gasteiger partial charge < -0.3 is 5.11 Å². The molecule has 0 aliphatic heterocycles. The summed E-state index contributed by atoms with van der Waals surface area (Å²) in [4.78, 5) is 0. The van der Waals surface area contributed by atoms with E-state index in [1.54, 1.807) is 12.2 Å². The fourth-order valence-corrected chi connectivity index (χ4v) is 1.05. The molecule has 0 saturated heterocycles. The lowest BCUT2D eigenvalue weighted by Crippen LogP contribution is -2.27. The molecule has 1 atom stereocenters. The zero-order valence-electron chi connectivity index (χ0n) is 8.71. The Balaban J connectivity index is 4.22. The van der Waals surface area contributed by atoms with Gasteiger partial charge in [0.2, 0.25) is 0 Å². The van der Waals surface area contributed by atoms with Crippen molar-refractivity contribution in [3.05, 3.63) is 37.5 Å². The molecule has 0 radical (unpaired) electrons. The normalized spacial score (nSPS) is 13.5. The lowest BCUT2D eigenvalue weighted by atomic mass is 9.82. The first-order valence-corrected chi connectivity index (χ1v) is 4.56. The van der Waals surface area contributed by atoms with Crippen LogP contribution in [-0.2, 0) is 0 Å². The van der Waals surface area contributed by atoms with E-state index in [1.165, 1.54) is 0 Å². The first-order chi connectivity index (χ1) is 5.96. The predicted octanol–water partition coefficient (Wildman–Crippen LogP) is 3.08. The number of allylic oxidation sites excluding steroid dienone is 1. The predicted molar refractivity (Wildman–Crippen MR) is 58.6 cm³/mol. The maximum Gasteiger partial charge on any atom is 0.0665 e. The molecule has 0 saturated carbocycles. The van der Waals surface area contributed by atoms with Crippen molar-refractivity contribution >= 4 is 0 Å². The lowest BCUT2D eigenvalue weighted by Gasteiger charge is -2.27. The number of hydrogen-bond donors (Lipinski definition) is 1. The fourth-order valence-electron chi connectivity index (χ4n) is 1.05. The summed E-state index contributed by atoms with van der Waals surface area (Å²) in [6, 6.07) is 0. The Bertz CT molecular complexity index is 195. The molecule has 1 unspecified atom stereocenters. The van der Waals surface area contributed by atoms with Crippen LogP contribution in [0.15, 0.2) is 37.5 Å². The van der Waals surface area contributed by atoms with Gasteiger partial charge in [-0.15, -0.1) is 19.7 Å². The van der Waals surface area contributed by atoms with Crippen molar-refractivity contribution in [2.24, 2.45) is 5.41 Å². The maximum absolute atomic E-state index is 9.83. The molecule has 0 amide bonds. The van der Waals surface area contributed by atoms with Crippen molar-refractivity contribution in [2.45, 2.75) is 32.8 Å². The van der Waals surface area contributed by atoms with Gasteiger partial charge >= 0.3 is 0 Å². The van der Waals surface area contributed by atoms with Gasteiger partial charge in [0.25, 0.3) is 0 Å². The molecule has 0 spiro atoms. The van der Waals surface area contributed by atoms with Gasteiger partial charge in [-0.3, -0.25) is 0 Å². The summed E-state index contributed by atoms with van der Waals surface area (Å²) in [5, 5.41) is 9.83.